The molecule has 0 saturated heterocycles. The van der Waals surface area contributed by atoms with Crippen molar-refractivity contribution in [3.05, 3.63) is 58.0 Å². The Morgan fingerprint density at radius 3 is 2.36 bits per heavy atom. The molecule has 0 atom stereocenters. The van der Waals surface area contributed by atoms with Crippen LogP contribution >= 0.6 is 0 Å². The summed E-state index contributed by atoms with van der Waals surface area (Å²) < 4.78 is 5.78. The van der Waals surface area contributed by atoms with Crippen LogP contribution in [0.4, 0.5) is 4.79 Å². The van der Waals surface area contributed by atoms with E-state index in [1.807, 2.05) is 0 Å². The number of benzene rings is 1. The summed E-state index contributed by atoms with van der Waals surface area (Å²) in [7, 11) is 0. The van der Waals surface area contributed by atoms with Gasteiger partial charge in [-0.3, -0.25) is 4.79 Å². The summed E-state index contributed by atoms with van der Waals surface area (Å²) in [6, 6.07) is 7.53. The molecule has 0 fully saturated rings. The molecule has 2 N–H and O–H groups in total. The van der Waals surface area contributed by atoms with E-state index in [0.29, 0.717) is 23.3 Å². The van der Waals surface area contributed by atoms with Crippen molar-refractivity contribution >= 4 is 12.0 Å². The van der Waals surface area contributed by atoms with Gasteiger partial charge in [-0.25, -0.2) is 14.2 Å². The van der Waals surface area contributed by atoms with Gasteiger partial charge in [-0.1, -0.05) is 12.1 Å². The highest BCUT2D eigenvalue weighted by molar-refractivity contribution is 5.90. The maximum atomic E-state index is 11.8. The lowest BCUT2D eigenvalue weighted by Crippen LogP contribution is -2.32. The lowest BCUT2D eigenvalue weighted by atomic mass is 10.0. The molecule has 2 rings (SSSR count). The van der Waals surface area contributed by atoms with Gasteiger partial charge in [0.1, 0.15) is 0 Å². The van der Waals surface area contributed by atoms with E-state index < -0.39 is 17.6 Å². The second-order valence-corrected chi connectivity index (χ2v) is 4.72. The van der Waals surface area contributed by atoms with Crippen molar-refractivity contribution in [1.29, 1.82) is 0 Å². The first kappa shape index (κ1) is 15.5. The molecule has 1 amide bonds. The van der Waals surface area contributed by atoms with Crippen molar-refractivity contribution in [2.24, 2.45) is 5.73 Å². The fourth-order valence-corrected chi connectivity index (χ4v) is 2.05. The lowest BCUT2D eigenvalue weighted by molar-refractivity contribution is 0.0526. The van der Waals surface area contributed by atoms with Gasteiger partial charge in [0.2, 0.25) is 0 Å². The zero-order valence-corrected chi connectivity index (χ0v) is 12.3. The van der Waals surface area contributed by atoms with Gasteiger partial charge in [0.25, 0.3) is 5.56 Å². The predicted molar refractivity (Wildman–Crippen MR) is 81.8 cm³/mol. The summed E-state index contributed by atoms with van der Waals surface area (Å²) in [5.41, 5.74) is 7.00. The largest absolute Gasteiger partial charge is 0.462 e. The number of nitrogens with zero attached hydrogens (tertiary/aromatic N) is 1. The fraction of sp³-hybridized carbons (Fsp3) is 0.188. The van der Waals surface area contributed by atoms with Crippen molar-refractivity contribution in [2.75, 3.05) is 6.61 Å². The van der Waals surface area contributed by atoms with E-state index in [4.69, 9.17) is 10.5 Å². The van der Waals surface area contributed by atoms with Gasteiger partial charge in [-0.05, 0) is 43.2 Å². The van der Waals surface area contributed by atoms with Crippen LogP contribution in [0.2, 0.25) is 0 Å². The minimum atomic E-state index is -0.835. The van der Waals surface area contributed by atoms with Crippen LogP contribution in [-0.2, 0) is 4.74 Å². The molecule has 0 saturated carbocycles. The number of amides is 1. The topological polar surface area (TPSA) is 91.4 Å². The first-order valence-corrected chi connectivity index (χ1v) is 6.74. The Morgan fingerprint density at radius 1 is 1.18 bits per heavy atom. The number of primary amides is 1. The molecule has 0 bridgehead atoms. The Labute approximate surface area is 127 Å². The number of esters is 1. The average molecular weight is 300 g/mol. The summed E-state index contributed by atoms with van der Waals surface area (Å²) in [5.74, 6) is -0.396. The van der Waals surface area contributed by atoms with Gasteiger partial charge < -0.3 is 10.5 Å². The van der Waals surface area contributed by atoms with Crippen LogP contribution in [0.3, 0.4) is 0 Å². The molecule has 114 valence electrons. The number of rotatable bonds is 3. The molecular weight excluding hydrogens is 284 g/mol. The van der Waals surface area contributed by atoms with E-state index in [0.717, 1.165) is 10.1 Å². The van der Waals surface area contributed by atoms with Crippen LogP contribution < -0.4 is 11.3 Å². The zero-order chi connectivity index (χ0) is 16.3. The van der Waals surface area contributed by atoms with Gasteiger partial charge in [0.05, 0.1) is 12.2 Å². The number of hydrogen-bond donors (Lipinski definition) is 1. The summed E-state index contributed by atoms with van der Waals surface area (Å²) in [6.45, 7) is 3.66. The SMILES string of the molecule is CCOC(=O)c1ccc(-c2cc(C)c(=O)n(C(N)=O)c2)cc1. The number of carbonyl (C=O) groups is 2. The fourth-order valence-electron chi connectivity index (χ4n) is 2.05. The summed E-state index contributed by atoms with van der Waals surface area (Å²) in [4.78, 5) is 34.7. The molecular formula is C16H16N2O4. The Bertz CT molecular complexity index is 776. The highest BCUT2D eigenvalue weighted by Crippen LogP contribution is 2.20. The van der Waals surface area contributed by atoms with Crippen molar-refractivity contribution in [3.8, 4) is 11.1 Å². The molecule has 22 heavy (non-hydrogen) atoms. The molecule has 6 heteroatoms. The Hall–Kier alpha value is -2.89. The molecule has 0 unspecified atom stereocenters. The number of carbonyl (C=O) groups excluding carboxylic acids is 2. The highest BCUT2D eigenvalue weighted by atomic mass is 16.5. The molecule has 1 heterocycles. The predicted octanol–water partition coefficient (Wildman–Crippen LogP) is 1.93. The number of ether oxygens (including phenoxy) is 1. The maximum Gasteiger partial charge on any atom is 0.338 e. The second-order valence-electron chi connectivity index (χ2n) is 4.72. The van der Waals surface area contributed by atoms with E-state index in [1.54, 1.807) is 44.2 Å². The highest BCUT2D eigenvalue weighted by Gasteiger charge is 2.10. The van der Waals surface area contributed by atoms with Gasteiger partial charge in [-0.15, -0.1) is 0 Å². The van der Waals surface area contributed by atoms with Crippen LogP contribution in [-0.4, -0.2) is 23.2 Å². The summed E-state index contributed by atoms with van der Waals surface area (Å²) >= 11 is 0. The molecule has 2 aromatic rings. The quantitative estimate of drug-likeness (QED) is 0.877. The summed E-state index contributed by atoms with van der Waals surface area (Å²) in [6.07, 6.45) is 1.39. The molecule has 0 radical (unpaired) electrons. The van der Waals surface area contributed by atoms with Crippen LogP contribution in [0.15, 0.2) is 41.3 Å². The van der Waals surface area contributed by atoms with E-state index in [1.165, 1.54) is 6.20 Å². The molecule has 0 aliphatic rings. The van der Waals surface area contributed by atoms with E-state index in [2.05, 4.69) is 0 Å². The van der Waals surface area contributed by atoms with E-state index in [-0.39, 0.29) is 0 Å². The molecule has 0 spiro atoms. The van der Waals surface area contributed by atoms with Crippen molar-refractivity contribution in [1.82, 2.24) is 4.57 Å². The third-order valence-corrected chi connectivity index (χ3v) is 3.16. The third-order valence-electron chi connectivity index (χ3n) is 3.16. The number of aryl methyl sites for hydroxylation is 1. The standard InChI is InChI=1S/C16H16N2O4/c1-3-22-15(20)12-6-4-11(5-7-12)13-8-10(2)14(19)18(9-13)16(17)21/h4-9H,3H2,1-2H3,(H2,17,21). The lowest BCUT2D eigenvalue weighted by Gasteiger charge is -2.08. The minimum absolute atomic E-state index is 0.309. The van der Waals surface area contributed by atoms with Crippen molar-refractivity contribution < 1.29 is 14.3 Å². The Balaban J connectivity index is 2.42. The molecule has 1 aromatic carbocycles. The van der Waals surface area contributed by atoms with Gasteiger partial charge >= 0.3 is 12.0 Å². The normalized spacial score (nSPS) is 10.3. The van der Waals surface area contributed by atoms with Crippen LogP contribution in [0.1, 0.15) is 22.8 Å². The molecule has 0 aliphatic heterocycles. The number of aromatic nitrogens is 1. The number of pyridine rings is 1. The number of nitrogens with two attached hydrogens (primary N) is 1. The first-order valence-electron chi connectivity index (χ1n) is 6.74. The van der Waals surface area contributed by atoms with E-state index in [9.17, 15) is 14.4 Å². The van der Waals surface area contributed by atoms with E-state index >= 15 is 0 Å². The minimum Gasteiger partial charge on any atom is -0.462 e. The summed E-state index contributed by atoms with van der Waals surface area (Å²) in [5, 5.41) is 0. The van der Waals surface area contributed by atoms with Gasteiger partial charge in [0, 0.05) is 11.8 Å². The maximum absolute atomic E-state index is 11.8. The van der Waals surface area contributed by atoms with Crippen molar-refractivity contribution in [2.45, 2.75) is 13.8 Å². The Morgan fingerprint density at radius 2 is 1.82 bits per heavy atom. The van der Waals surface area contributed by atoms with Gasteiger partial charge in [0.15, 0.2) is 0 Å². The van der Waals surface area contributed by atoms with Crippen LogP contribution in [0.5, 0.6) is 0 Å². The number of hydrogen-bond acceptors (Lipinski definition) is 4. The average Bonchev–Trinajstić information content (AvgIpc) is 2.50. The second kappa shape index (κ2) is 6.26. The molecule has 1 aromatic heterocycles. The van der Waals surface area contributed by atoms with Crippen LogP contribution in [0, 0.1) is 6.92 Å². The Kier molecular flexibility index (Phi) is 4.41. The van der Waals surface area contributed by atoms with Crippen LogP contribution in [0.25, 0.3) is 11.1 Å². The molecule has 0 aliphatic carbocycles. The van der Waals surface area contributed by atoms with Crippen molar-refractivity contribution in [3.63, 3.8) is 0 Å². The third kappa shape index (κ3) is 3.06. The first-order chi connectivity index (χ1) is 10.4. The zero-order valence-electron chi connectivity index (χ0n) is 12.3. The smallest absolute Gasteiger partial charge is 0.338 e. The van der Waals surface area contributed by atoms with Gasteiger partial charge in [-0.2, -0.15) is 0 Å². The monoisotopic (exact) mass is 300 g/mol. The molecule has 6 nitrogen and oxygen atoms in total.